The van der Waals surface area contributed by atoms with Gasteiger partial charge in [-0.3, -0.25) is 14.5 Å². The van der Waals surface area contributed by atoms with Gasteiger partial charge in [0.25, 0.3) is 0 Å². The molecule has 0 aliphatic rings. The molecule has 0 aromatic heterocycles. The van der Waals surface area contributed by atoms with E-state index in [0.29, 0.717) is 39.0 Å². The first-order valence-corrected chi connectivity index (χ1v) is 17.1. The van der Waals surface area contributed by atoms with E-state index in [1.165, 1.54) is 103 Å². The van der Waals surface area contributed by atoms with E-state index in [0.717, 1.165) is 25.7 Å². The third-order valence-corrected chi connectivity index (χ3v) is 7.90. The maximum absolute atomic E-state index is 12.3. The molecule has 0 aliphatic carbocycles. The lowest BCUT2D eigenvalue weighted by molar-refractivity contribution is -0.121. The van der Waals surface area contributed by atoms with Crippen LogP contribution in [-0.4, -0.2) is 72.4 Å². The maximum atomic E-state index is 12.3. The van der Waals surface area contributed by atoms with Gasteiger partial charge >= 0.3 is 0 Å². The summed E-state index contributed by atoms with van der Waals surface area (Å²) in [6, 6.07) is -0.454. The van der Waals surface area contributed by atoms with E-state index in [2.05, 4.69) is 24.5 Å². The molecule has 0 fully saturated rings. The second kappa shape index (κ2) is 30.8. The van der Waals surface area contributed by atoms with Crippen LogP contribution in [0.5, 0.6) is 0 Å². The Morgan fingerprint density at radius 3 is 1.12 bits per heavy atom. The minimum atomic E-state index is -0.454. The van der Waals surface area contributed by atoms with Crippen molar-refractivity contribution in [1.82, 2.24) is 15.5 Å². The van der Waals surface area contributed by atoms with Crippen molar-refractivity contribution in [3.63, 3.8) is 0 Å². The summed E-state index contributed by atoms with van der Waals surface area (Å²) in [5, 5.41) is 25.3. The van der Waals surface area contributed by atoms with Crippen LogP contribution >= 0.6 is 0 Å². The molecule has 2 amide bonds. The van der Waals surface area contributed by atoms with E-state index in [1.54, 1.807) is 0 Å². The van der Waals surface area contributed by atoms with Crippen LogP contribution in [0, 0.1) is 0 Å². The lowest BCUT2D eigenvalue weighted by Gasteiger charge is -2.28. The average molecular weight is 570 g/mol. The van der Waals surface area contributed by atoms with E-state index >= 15 is 0 Å². The lowest BCUT2D eigenvalue weighted by atomic mass is 10.1. The van der Waals surface area contributed by atoms with Crippen molar-refractivity contribution >= 4 is 11.8 Å². The molecule has 0 atom stereocenters. The predicted octanol–water partition coefficient (Wildman–Crippen LogP) is 6.50. The largest absolute Gasteiger partial charge is 0.395 e. The van der Waals surface area contributed by atoms with Gasteiger partial charge in [-0.2, -0.15) is 0 Å². The molecule has 4 N–H and O–H groups in total. The number of rotatable bonds is 31. The fourth-order valence-electron chi connectivity index (χ4n) is 5.11. The van der Waals surface area contributed by atoms with Crippen molar-refractivity contribution in [3.8, 4) is 0 Å². The van der Waals surface area contributed by atoms with Gasteiger partial charge in [-0.25, -0.2) is 0 Å². The number of aliphatic hydroxyl groups is 2. The Labute approximate surface area is 247 Å². The van der Waals surface area contributed by atoms with Crippen LogP contribution in [0.15, 0.2) is 0 Å². The zero-order valence-corrected chi connectivity index (χ0v) is 26.5. The molecule has 0 radical (unpaired) electrons. The Morgan fingerprint density at radius 1 is 0.525 bits per heavy atom. The van der Waals surface area contributed by atoms with Crippen LogP contribution in [-0.2, 0) is 9.59 Å². The Morgan fingerprint density at radius 2 is 0.825 bits per heavy atom. The number of nitrogens with zero attached hydrogens (tertiary/aromatic N) is 1. The molecule has 0 aliphatic heterocycles. The second-order valence-electron chi connectivity index (χ2n) is 11.6. The lowest BCUT2D eigenvalue weighted by Crippen LogP contribution is -2.44. The first-order valence-electron chi connectivity index (χ1n) is 17.1. The molecule has 0 saturated carbocycles. The summed E-state index contributed by atoms with van der Waals surface area (Å²) >= 11 is 0. The van der Waals surface area contributed by atoms with Gasteiger partial charge in [0.05, 0.1) is 19.3 Å². The Hall–Kier alpha value is -1.18. The fraction of sp³-hybridized carbons (Fsp3) is 0.939. The summed E-state index contributed by atoms with van der Waals surface area (Å²) in [4.78, 5) is 26.5. The van der Waals surface area contributed by atoms with E-state index in [4.69, 9.17) is 0 Å². The van der Waals surface area contributed by atoms with Gasteiger partial charge in [-0.15, -0.1) is 0 Å². The number of hydrogen-bond acceptors (Lipinski definition) is 5. The molecule has 238 valence electrons. The molecule has 0 heterocycles. The van der Waals surface area contributed by atoms with Crippen molar-refractivity contribution in [3.05, 3.63) is 0 Å². The minimum Gasteiger partial charge on any atom is -0.395 e. The number of aliphatic hydroxyl groups excluding tert-OH is 2. The molecule has 0 saturated heterocycles. The molecule has 7 nitrogen and oxygen atoms in total. The topological polar surface area (TPSA) is 102 Å². The quantitative estimate of drug-likeness (QED) is 0.0714. The van der Waals surface area contributed by atoms with Gasteiger partial charge in [0, 0.05) is 39.0 Å². The Bertz CT molecular complexity index is 516. The van der Waals surface area contributed by atoms with Crippen LogP contribution in [0.1, 0.15) is 155 Å². The van der Waals surface area contributed by atoms with E-state index in [1.807, 2.05) is 4.90 Å². The van der Waals surface area contributed by atoms with Gasteiger partial charge in [0.1, 0.15) is 0 Å². The number of amides is 2. The molecule has 40 heavy (non-hydrogen) atoms. The highest BCUT2D eigenvalue weighted by atomic mass is 16.3. The highest BCUT2D eigenvalue weighted by Gasteiger charge is 2.19. The zero-order valence-electron chi connectivity index (χ0n) is 26.5. The van der Waals surface area contributed by atoms with Gasteiger partial charge in [-0.1, -0.05) is 129 Å². The third kappa shape index (κ3) is 25.8. The summed E-state index contributed by atoms with van der Waals surface area (Å²) in [7, 11) is 0. The summed E-state index contributed by atoms with van der Waals surface area (Å²) in [6.45, 7) is 6.32. The summed E-state index contributed by atoms with van der Waals surface area (Å²) < 4.78 is 0. The van der Waals surface area contributed by atoms with Crippen molar-refractivity contribution in [2.75, 3.05) is 39.4 Å². The average Bonchev–Trinajstić information content (AvgIpc) is 2.96. The third-order valence-electron chi connectivity index (χ3n) is 7.90. The molecule has 0 unspecified atom stereocenters. The van der Waals surface area contributed by atoms with Crippen molar-refractivity contribution < 1.29 is 19.8 Å². The second-order valence-corrected chi connectivity index (χ2v) is 11.6. The van der Waals surface area contributed by atoms with Crippen LogP contribution in [0.4, 0.5) is 0 Å². The van der Waals surface area contributed by atoms with Gasteiger partial charge in [-0.05, 0) is 12.8 Å². The first-order chi connectivity index (χ1) is 19.6. The van der Waals surface area contributed by atoms with Gasteiger partial charge in [0.15, 0.2) is 0 Å². The number of carbonyl (C=O) groups excluding carboxylic acids is 2. The zero-order chi connectivity index (χ0) is 29.5. The smallest absolute Gasteiger partial charge is 0.221 e. The SMILES string of the molecule is CCCCCCCCCCCCNC(=O)CCN(CCC(=O)NCCCCCCCCCCCC)C(CO)CO. The van der Waals surface area contributed by atoms with Crippen LogP contribution in [0.25, 0.3) is 0 Å². The summed E-state index contributed by atoms with van der Waals surface area (Å²) in [5.74, 6) is -0.0260. The molecular formula is C33H67N3O4. The molecular weight excluding hydrogens is 502 g/mol. The standard InChI is InChI=1S/C33H67N3O4/c1-3-5-7-9-11-13-15-17-19-21-25-34-32(39)23-27-36(31(29-37)30-38)28-24-33(40)35-26-22-20-18-16-14-12-10-8-6-4-2/h31,37-38H,3-30H2,1-2H3,(H,34,39)(H,35,40). The highest BCUT2D eigenvalue weighted by Crippen LogP contribution is 2.11. The number of carbonyl (C=O) groups is 2. The minimum absolute atomic E-state index is 0.0130. The van der Waals surface area contributed by atoms with Crippen molar-refractivity contribution in [2.45, 2.75) is 161 Å². The van der Waals surface area contributed by atoms with Crippen LogP contribution in [0.2, 0.25) is 0 Å². The molecule has 0 aromatic rings. The predicted molar refractivity (Wildman–Crippen MR) is 168 cm³/mol. The monoisotopic (exact) mass is 570 g/mol. The van der Waals surface area contributed by atoms with Crippen LogP contribution < -0.4 is 10.6 Å². The van der Waals surface area contributed by atoms with Crippen molar-refractivity contribution in [2.24, 2.45) is 0 Å². The Balaban J connectivity index is 3.92. The number of unbranched alkanes of at least 4 members (excludes halogenated alkanes) is 18. The van der Waals surface area contributed by atoms with E-state index in [9.17, 15) is 19.8 Å². The molecule has 0 spiro atoms. The van der Waals surface area contributed by atoms with Gasteiger partial charge < -0.3 is 20.8 Å². The first kappa shape index (κ1) is 38.8. The molecule has 7 heteroatoms. The summed E-state index contributed by atoms with van der Waals surface area (Å²) in [6.07, 6.45) is 26.0. The highest BCUT2D eigenvalue weighted by molar-refractivity contribution is 5.76. The molecule has 0 rings (SSSR count). The van der Waals surface area contributed by atoms with Crippen molar-refractivity contribution in [1.29, 1.82) is 0 Å². The van der Waals surface area contributed by atoms with Crippen LogP contribution in [0.3, 0.4) is 0 Å². The maximum Gasteiger partial charge on any atom is 0.221 e. The molecule has 0 bridgehead atoms. The Kier molecular flexibility index (Phi) is 29.9. The number of nitrogens with one attached hydrogen (secondary N) is 2. The van der Waals surface area contributed by atoms with Gasteiger partial charge in [0.2, 0.25) is 11.8 Å². The molecule has 0 aromatic carbocycles. The fourth-order valence-corrected chi connectivity index (χ4v) is 5.11. The normalized spacial score (nSPS) is 11.4. The summed E-state index contributed by atoms with van der Waals surface area (Å²) in [5.41, 5.74) is 0. The van der Waals surface area contributed by atoms with E-state index < -0.39 is 6.04 Å². The van der Waals surface area contributed by atoms with E-state index in [-0.39, 0.29) is 25.0 Å². The number of hydrogen-bond donors (Lipinski definition) is 4.